The number of aliphatic hydroxyl groups is 1. The number of rotatable bonds is 4. The maximum atomic E-state index is 12.2. The zero-order valence-electron chi connectivity index (χ0n) is 12.0. The second-order valence-electron chi connectivity index (χ2n) is 5.50. The van der Waals surface area contributed by atoms with E-state index in [0.717, 1.165) is 12.0 Å². The van der Waals surface area contributed by atoms with E-state index in [-0.39, 0.29) is 24.9 Å². The van der Waals surface area contributed by atoms with Gasteiger partial charge in [-0.2, -0.15) is 0 Å². The first-order valence-corrected chi connectivity index (χ1v) is 7.62. The molecule has 3 rings (SSSR count). The summed E-state index contributed by atoms with van der Waals surface area (Å²) in [5.41, 5.74) is 1.44. The van der Waals surface area contributed by atoms with E-state index in [0.29, 0.717) is 29.7 Å². The smallest absolute Gasteiger partial charge is 0.228 e. The number of carbonyl (C=O) groups is 1. The number of benzene rings is 1. The standard InChI is InChI=1S/C16H17ClN2O3/c17-13-3-1-12(2-4-13)16-18-14(10-22-16)7-15(21)19-6-5-11(8-19)9-20/h1-4,10-11,20H,5-9H2. The number of aliphatic hydroxyl groups excluding tert-OH is 1. The van der Waals surface area contributed by atoms with Gasteiger partial charge in [0.05, 0.1) is 12.1 Å². The fourth-order valence-electron chi connectivity index (χ4n) is 2.59. The van der Waals surface area contributed by atoms with E-state index in [9.17, 15) is 4.79 Å². The number of hydrogen-bond donors (Lipinski definition) is 1. The Morgan fingerprint density at radius 2 is 2.18 bits per heavy atom. The Morgan fingerprint density at radius 3 is 2.86 bits per heavy atom. The van der Waals surface area contributed by atoms with Gasteiger partial charge in [0.25, 0.3) is 0 Å². The van der Waals surface area contributed by atoms with Crippen molar-refractivity contribution in [3.63, 3.8) is 0 Å². The van der Waals surface area contributed by atoms with Crippen molar-refractivity contribution in [1.82, 2.24) is 9.88 Å². The van der Waals surface area contributed by atoms with E-state index in [1.54, 1.807) is 17.0 Å². The summed E-state index contributed by atoms with van der Waals surface area (Å²) in [5, 5.41) is 9.78. The van der Waals surface area contributed by atoms with E-state index in [2.05, 4.69) is 4.98 Å². The molecule has 1 aromatic heterocycles. The van der Waals surface area contributed by atoms with Crippen molar-refractivity contribution in [3.8, 4) is 11.5 Å². The van der Waals surface area contributed by atoms with Gasteiger partial charge in [0, 0.05) is 36.2 Å². The number of nitrogens with zero attached hydrogens (tertiary/aromatic N) is 2. The van der Waals surface area contributed by atoms with Gasteiger partial charge in [0.1, 0.15) is 6.26 Å². The molecule has 2 heterocycles. The Labute approximate surface area is 133 Å². The predicted octanol–water partition coefficient (Wildman–Crippen LogP) is 2.38. The van der Waals surface area contributed by atoms with E-state index in [4.69, 9.17) is 21.1 Å². The normalized spacial score (nSPS) is 17.9. The first kappa shape index (κ1) is 15.1. The highest BCUT2D eigenvalue weighted by atomic mass is 35.5. The minimum absolute atomic E-state index is 0.0203. The fraction of sp³-hybridized carbons (Fsp3) is 0.375. The summed E-state index contributed by atoms with van der Waals surface area (Å²) < 4.78 is 5.43. The van der Waals surface area contributed by atoms with Gasteiger partial charge in [-0.25, -0.2) is 4.98 Å². The van der Waals surface area contributed by atoms with E-state index in [1.165, 1.54) is 6.26 Å². The topological polar surface area (TPSA) is 66.6 Å². The minimum atomic E-state index is 0.0203. The maximum absolute atomic E-state index is 12.2. The van der Waals surface area contributed by atoms with Gasteiger partial charge in [-0.15, -0.1) is 0 Å². The maximum Gasteiger partial charge on any atom is 0.228 e. The van der Waals surface area contributed by atoms with Crippen molar-refractivity contribution < 1.29 is 14.3 Å². The molecule has 0 aliphatic carbocycles. The number of aromatic nitrogens is 1. The van der Waals surface area contributed by atoms with Crippen LogP contribution < -0.4 is 0 Å². The zero-order valence-corrected chi connectivity index (χ0v) is 12.8. The Hall–Kier alpha value is -1.85. The number of oxazole rings is 1. The average Bonchev–Trinajstić information content (AvgIpc) is 3.17. The Balaban J connectivity index is 1.64. The molecule has 1 fully saturated rings. The highest BCUT2D eigenvalue weighted by Gasteiger charge is 2.26. The van der Waals surface area contributed by atoms with Gasteiger partial charge in [0.2, 0.25) is 11.8 Å². The highest BCUT2D eigenvalue weighted by Crippen LogP contribution is 2.22. The van der Waals surface area contributed by atoms with Crippen LogP contribution in [0.3, 0.4) is 0 Å². The molecule has 0 saturated carbocycles. The molecule has 1 aromatic carbocycles. The predicted molar refractivity (Wildman–Crippen MR) is 82.4 cm³/mol. The van der Waals surface area contributed by atoms with Crippen molar-refractivity contribution >= 4 is 17.5 Å². The van der Waals surface area contributed by atoms with Crippen molar-refractivity contribution in [2.24, 2.45) is 5.92 Å². The van der Waals surface area contributed by atoms with Crippen molar-refractivity contribution in [3.05, 3.63) is 41.2 Å². The van der Waals surface area contributed by atoms with Crippen LogP contribution in [0.1, 0.15) is 12.1 Å². The molecular formula is C16H17ClN2O3. The van der Waals surface area contributed by atoms with E-state index >= 15 is 0 Å². The Morgan fingerprint density at radius 1 is 1.41 bits per heavy atom. The third-order valence-electron chi connectivity index (χ3n) is 3.87. The number of halogens is 1. The number of carbonyl (C=O) groups excluding carboxylic acids is 1. The lowest BCUT2D eigenvalue weighted by Crippen LogP contribution is -2.30. The summed E-state index contributed by atoms with van der Waals surface area (Å²) in [6.45, 7) is 1.46. The number of likely N-dealkylation sites (tertiary alicyclic amines) is 1. The van der Waals surface area contributed by atoms with Gasteiger partial charge in [-0.3, -0.25) is 4.79 Å². The van der Waals surface area contributed by atoms with Crippen LogP contribution in [0.5, 0.6) is 0 Å². The summed E-state index contributed by atoms with van der Waals surface area (Å²) in [5.74, 6) is 0.701. The first-order valence-electron chi connectivity index (χ1n) is 7.24. The largest absolute Gasteiger partial charge is 0.444 e. The fourth-order valence-corrected chi connectivity index (χ4v) is 2.71. The van der Waals surface area contributed by atoms with Crippen molar-refractivity contribution in [2.75, 3.05) is 19.7 Å². The van der Waals surface area contributed by atoms with Crippen LogP contribution in [0.15, 0.2) is 34.9 Å². The number of hydrogen-bond acceptors (Lipinski definition) is 4. The van der Waals surface area contributed by atoms with Gasteiger partial charge in [-0.1, -0.05) is 11.6 Å². The molecule has 1 aliphatic rings. The van der Waals surface area contributed by atoms with Crippen molar-refractivity contribution in [2.45, 2.75) is 12.8 Å². The van der Waals surface area contributed by atoms with Crippen LogP contribution in [-0.4, -0.2) is 40.6 Å². The van der Waals surface area contributed by atoms with Crippen LogP contribution in [0.4, 0.5) is 0 Å². The van der Waals surface area contributed by atoms with Crippen LogP contribution in [0.25, 0.3) is 11.5 Å². The average molecular weight is 321 g/mol. The second-order valence-corrected chi connectivity index (χ2v) is 5.94. The lowest BCUT2D eigenvalue weighted by atomic mass is 10.1. The van der Waals surface area contributed by atoms with Crippen LogP contribution in [-0.2, 0) is 11.2 Å². The molecule has 1 saturated heterocycles. The van der Waals surface area contributed by atoms with E-state index in [1.807, 2.05) is 12.1 Å². The molecule has 5 nitrogen and oxygen atoms in total. The highest BCUT2D eigenvalue weighted by molar-refractivity contribution is 6.30. The van der Waals surface area contributed by atoms with Crippen molar-refractivity contribution in [1.29, 1.82) is 0 Å². The molecule has 2 aromatic rings. The van der Waals surface area contributed by atoms with Crippen LogP contribution in [0, 0.1) is 5.92 Å². The van der Waals surface area contributed by atoms with Crippen LogP contribution in [0.2, 0.25) is 5.02 Å². The summed E-state index contributed by atoms with van der Waals surface area (Å²) >= 11 is 5.85. The lowest BCUT2D eigenvalue weighted by molar-refractivity contribution is -0.129. The van der Waals surface area contributed by atoms with Gasteiger partial charge >= 0.3 is 0 Å². The monoisotopic (exact) mass is 320 g/mol. The van der Waals surface area contributed by atoms with Crippen LogP contribution >= 0.6 is 11.6 Å². The third kappa shape index (κ3) is 3.31. The molecule has 22 heavy (non-hydrogen) atoms. The Bertz CT molecular complexity index is 654. The molecule has 1 N–H and O–H groups in total. The molecule has 116 valence electrons. The molecule has 0 radical (unpaired) electrons. The SMILES string of the molecule is O=C(Cc1coc(-c2ccc(Cl)cc2)n1)N1CCC(CO)C1. The van der Waals surface area contributed by atoms with Gasteiger partial charge < -0.3 is 14.4 Å². The summed E-state index contributed by atoms with van der Waals surface area (Å²) in [6, 6.07) is 7.19. The second kappa shape index (κ2) is 6.50. The Kier molecular flexibility index (Phi) is 4.45. The molecule has 1 atom stereocenters. The summed E-state index contributed by atoms with van der Waals surface area (Å²) in [4.78, 5) is 18.3. The molecule has 0 spiro atoms. The molecule has 0 bridgehead atoms. The van der Waals surface area contributed by atoms with Gasteiger partial charge in [0.15, 0.2) is 0 Å². The minimum Gasteiger partial charge on any atom is -0.444 e. The summed E-state index contributed by atoms with van der Waals surface area (Å²) in [7, 11) is 0. The molecule has 1 aliphatic heterocycles. The molecule has 1 unspecified atom stereocenters. The molecular weight excluding hydrogens is 304 g/mol. The van der Waals surface area contributed by atoms with E-state index < -0.39 is 0 Å². The van der Waals surface area contributed by atoms with Gasteiger partial charge in [-0.05, 0) is 30.7 Å². The molecule has 6 heteroatoms. The zero-order chi connectivity index (χ0) is 15.5. The molecule has 1 amide bonds. The lowest BCUT2D eigenvalue weighted by Gasteiger charge is -2.15. The summed E-state index contributed by atoms with van der Waals surface area (Å²) in [6.07, 6.45) is 2.59. The third-order valence-corrected chi connectivity index (χ3v) is 4.12. The first-order chi connectivity index (χ1) is 10.7. The number of amides is 1. The quantitative estimate of drug-likeness (QED) is 0.939.